The van der Waals surface area contributed by atoms with E-state index in [2.05, 4.69) is 9.71 Å². The number of benzene rings is 2. The average Bonchev–Trinajstić information content (AvgIpc) is 2.99. The number of fused-ring (bicyclic) bond motifs is 1. The molecular weight excluding hydrogens is 415 g/mol. The van der Waals surface area contributed by atoms with Crippen LogP contribution in [0.5, 0.6) is 0 Å². The first-order chi connectivity index (χ1) is 13.0. The molecule has 0 fully saturated rings. The van der Waals surface area contributed by atoms with E-state index in [0.717, 1.165) is 12.1 Å². The van der Waals surface area contributed by atoms with Crippen LogP contribution < -0.4 is 4.72 Å². The van der Waals surface area contributed by atoms with E-state index in [1.54, 1.807) is 18.4 Å². The molecule has 0 spiro atoms. The molecule has 0 saturated carbocycles. The monoisotopic (exact) mass is 431 g/mol. The van der Waals surface area contributed by atoms with E-state index in [1.165, 1.54) is 30.3 Å². The number of hydrogen-bond donors (Lipinski definition) is 1. The molecule has 0 radical (unpaired) electrons. The van der Waals surface area contributed by atoms with Crippen LogP contribution in [0.15, 0.2) is 47.4 Å². The molecular formula is C18H17ClF3N3O2S. The minimum Gasteiger partial charge on any atom is -0.327 e. The van der Waals surface area contributed by atoms with Crippen LogP contribution in [0.2, 0.25) is 5.02 Å². The molecule has 0 saturated heterocycles. The Labute approximate surface area is 165 Å². The van der Waals surface area contributed by atoms with Crippen LogP contribution in [0.1, 0.15) is 31.3 Å². The standard InChI is InChI=1S/C18H17ClF3N3O2S/c1-3-25-16-10-12(18(20,21)22)4-9-15(16)23-17(25)11(2)24-28(26,27)14-7-5-13(19)6-8-14/h4-11,24H,3H2,1-2H3/t11-/m1/s1. The van der Waals surface area contributed by atoms with Crippen molar-refractivity contribution in [3.05, 3.63) is 58.9 Å². The molecule has 0 amide bonds. The van der Waals surface area contributed by atoms with E-state index in [0.29, 0.717) is 28.4 Å². The van der Waals surface area contributed by atoms with Crippen molar-refractivity contribution in [2.45, 2.75) is 37.5 Å². The SMILES string of the molecule is CCn1c([C@@H](C)NS(=O)(=O)c2ccc(Cl)cc2)nc2ccc(C(F)(F)F)cc21. The Morgan fingerprint density at radius 2 is 1.82 bits per heavy atom. The van der Waals surface area contributed by atoms with Crippen molar-refractivity contribution in [3.63, 3.8) is 0 Å². The smallest absolute Gasteiger partial charge is 0.327 e. The average molecular weight is 432 g/mol. The van der Waals surface area contributed by atoms with Crippen LogP contribution in [-0.4, -0.2) is 18.0 Å². The zero-order valence-electron chi connectivity index (χ0n) is 15.0. The highest BCUT2D eigenvalue weighted by Crippen LogP contribution is 2.32. The molecule has 3 rings (SSSR count). The molecule has 0 aliphatic heterocycles. The maximum absolute atomic E-state index is 13.0. The van der Waals surface area contributed by atoms with Crippen LogP contribution in [-0.2, 0) is 22.7 Å². The second kappa shape index (κ2) is 7.38. The van der Waals surface area contributed by atoms with E-state index < -0.39 is 27.8 Å². The highest BCUT2D eigenvalue weighted by atomic mass is 35.5. The second-order valence-corrected chi connectivity index (χ2v) is 8.36. The Morgan fingerprint density at radius 1 is 1.18 bits per heavy atom. The number of rotatable bonds is 5. The van der Waals surface area contributed by atoms with Crippen molar-refractivity contribution < 1.29 is 21.6 Å². The third-order valence-corrected chi connectivity index (χ3v) is 6.07. The summed E-state index contributed by atoms with van der Waals surface area (Å²) in [6.45, 7) is 3.68. The highest BCUT2D eigenvalue weighted by Gasteiger charge is 2.31. The largest absolute Gasteiger partial charge is 0.416 e. The van der Waals surface area contributed by atoms with Gasteiger partial charge in [0.1, 0.15) is 5.82 Å². The molecule has 10 heteroatoms. The third-order valence-electron chi connectivity index (χ3n) is 4.26. The highest BCUT2D eigenvalue weighted by molar-refractivity contribution is 7.89. The summed E-state index contributed by atoms with van der Waals surface area (Å²) in [5.74, 6) is 0.328. The van der Waals surface area contributed by atoms with Crippen LogP contribution in [0.3, 0.4) is 0 Å². The number of imidazole rings is 1. The van der Waals surface area contributed by atoms with Gasteiger partial charge in [0.2, 0.25) is 10.0 Å². The topological polar surface area (TPSA) is 64.0 Å². The van der Waals surface area contributed by atoms with Gasteiger partial charge in [0.15, 0.2) is 0 Å². The van der Waals surface area contributed by atoms with Gasteiger partial charge in [-0.2, -0.15) is 13.2 Å². The zero-order chi connectivity index (χ0) is 20.7. The normalized spacial score (nSPS) is 13.8. The number of aryl methyl sites for hydroxylation is 1. The molecule has 150 valence electrons. The minimum absolute atomic E-state index is 0.0299. The van der Waals surface area contributed by atoms with E-state index in [9.17, 15) is 21.6 Å². The third kappa shape index (κ3) is 4.01. The van der Waals surface area contributed by atoms with Gasteiger partial charge in [-0.15, -0.1) is 0 Å². The molecule has 3 aromatic rings. The zero-order valence-corrected chi connectivity index (χ0v) is 16.5. The van der Waals surface area contributed by atoms with Crippen LogP contribution in [0.4, 0.5) is 13.2 Å². The molecule has 0 bridgehead atoms. The number of sulfonamides is 1. The molecule has 2 aromatic carbocycles. The van der Waals surface area contributed by atoms with Crippen LogP contribution >= 0.6 is 11.6 Å². The maximum Gasteiger partial charge on any atom is 0.416 e. The van der Waals surface area contributed by atoms with Crippen molar-refractivity contribution >= 4 is 32.7 Å². The summed E-state index contributed by atoms with van der Waals surface area (Å²) >= 11 is 5.78. The Morgan fingerprint density at radius 3 is 2.39 bits per heavy atom. The summed E-state index contributed by atoms with van der Waals surface area (Å²) in [7, 11) is -3.86. The quantitative estimate of drug-likeness (QED) is 0.633. The fourth-order valence-electron chi connectivity index (χ4n) is 2.95. The summed E-state index contributed by atoms with van der Waals surface area (Å²) < 4.78 is 68.3. The maximum atomic E-state index is 13.0. The van der Waals surface area contributed by atoms with Crippen LogP contribution in [0.25, 0.3) is 11.0 Å². The number of alkyl halides is 3. The van der Waals surface area contributed by atoms with Crippen molar-refractivity contribution in [2.24, 2.45) is 0 Å². The summed E-state index contributed by atoms with van der Waals surface area (Å²) in [5, 5.41) is 0.403. The van der Waals surface area contributed by atoms with Crippen LogP contribution in [0, 0.1) is 0 Å². The molecule has 28 heavy (non-hydrogen) atoms. The molecule has 1 atom stereocenters. The van der Waals surface area contributed by atoms with E-state index in [-0.39, 0.29) is 4.90 Å². The molecule has 1 aromatic heterocycles. The van der Waals surface area contributed by atoms with Crippen molar-refractivity contribution in [2.75, 3.05) is 0 Å². The fourth-order valence-corrected chi connectivity index (χ4v) is 4.28. The van der Waals surface area contributed by atoms with Gasteiger partial charge in [0, 0.05) is 11.6 Å². The summed E-state index contributed by atoms with van der Waals surface area (Å²) in [4.78, 5) is 4.38. The Hall–Kier alpha value is -2.10. The Bertz CT molecular complexity index is 1110. The predicted molar refractivity (Wildman–Crippen MR) is 101 cm³/mol. The second-order valence-electron chi connectivity index (χ2n) is 6.21. The van der Waals surface area contributed by atoms with E-state index >= 15 is 0 Å². The summed E-state index contributed by atoms with van der Waals surface area (Å²) in [5.41, 5.74) is -0.122. The van der Waals surface area contributed by atoms with Gasteiger partial charge in [-0.05, 0) is 56.3 Å². The van der Waals surface area contributed by atoms with Crippen molar-refractivity contribution in [1.82, 2.24) is 14.3 Å². The first-order valence-corrected chi connectivity index (χ1v) is 10.2. The van der Waals surface area contributed by atoms with Gasteiger partial charge < -0.3 is 4.57 Å². The molecule has 0 unspecified atom stereocenters. The number of nitrogens with one attached hydrogen (secondary N) is 1. The number of hydrogen-bond acceptors (Lipinski definition) is 3. The van der Waals surface area contributed by atoms with Gasteiger partial charge >= 0.3 is 6.18 Å². The van der Waals surface area contributed by atoms with E-state index in [4.69, 9.17) is 11.6 Å². The fraction of sp³-hybridized carbons (Fsp3) is 0.278. The number of halogens is 4. The molecule has 0 aliphatic carbocycles. The van der Waals surface area contributed by atoms with E-state index in [1.807, 2.05) is 0 Å². The molecule has 1 heterocycles. The van der Waals surface area contributed by atoms with Gasteiger partial charge in [0.25, 0.3) is 0 Å². The molecule has 1 N–H and O–H groups in total. The minimum atomic E-state index is -4.47. The lowest BCUT2D eigenvalue weighted by Gasteiger charge is -2.16. The molecule has 0 aliphatic rings. The Balaban J connectivity index is 1.99. The number of aromatic nitrogens is 2. The predicted octanol–water partition coefficient (Wildman–Crippen LogP) is 4.77. The lowest BCUT2D eigenvalue weighted by Crippen LogP contribution is -2.28. The first kappa shape index (κ1) is 20.6. The summed E-state index contributed by atoms with van der Waals surface area (Å²) in [6, 6.07) is 8.17. The van der Waals surface area contributed by atoms with Gasteiger partial charge in [-0.3, -0.25) is 0 Å². The summed E-state index contributed by atoms with van der Waals surface area (Å²) in [6.07, 6.45) is -4.47. The van der Waals surface area contributed by atoms with Crippen molar-refractivity contribution in [3.8, 4) is 0 Å². The Kier molecular flexibility index (Phi) is 5.44. The number of nitrogens with zero attached hydrogens (tertiary/aromatic N) is 2. The molecule has 5 nitrogen and oxygen atoms in total. The lowest BCUT2D eigenvalue weighted by atomic mass is 10.2. The van der Waals surface area contributed by atoms with Gasteiger partial charge in [0.05, 0.1) is 27.5 Å². The lowest BCUT2D eigenvalue weighted by molar-refractivity contribution is -0.137. The van der Waals surface area contributed by atoms with Gasteiger partial charge in [-0.1, -0.05) is 11.6 Å². The van der Waals surface area contributed by atoms with Crippen molar-refractivity contribution in [1.29, 1.82) is 0 Å². The first-order valence-electron chi connectivity index (χ1n) is 8.38. The van der Waals surface area contributed by atoms with Gasteiger partial charge in [-0.25, -0.2) is 18.1 Å².